The van der Waals surface area contributed by atoms with E-state index in [1.807, 2.05) is 42.5 Å². The number of aliphatic imine (C=N–C) groups is 1. The van der Waals surface area contributed by atoms with Crippen LogP contribution in [-0.4, -0.2) is 22.4 Å². The highest BCUT2D eigenvalue weighted by Gasteiger charge is 2.22. The van der Waals surface area contributed by atoms with E-state index < -0.39 is 0 Å². The van der Waals surface area contributed by atoms with Gasteiger partial charge in [-0.25, -0.2) is 4.99 Å². The van der Waals surface area contributed by atoms with E-state index >= 15 is 0 Å². The van der Waals surface area contributed by atoms with Gasteiger partial charge in [0.15, 0.2) is 11.5 Å². The van der Waals surface area contributed by atoms with Crippen molar-refractivity contribution < 1.29 is 14.3 Å². The van der Waals surface area contributed by atoms with E-state index in [1.165, 1.54) is 11.8 Å². The molecule has 0 amide bonds. The van der Waals surface area contributed by atoms with Crippen LogP contribution in [0.15, 0.2) is 57.6 Å². The minimum Gasteiger partial charge on any atom is -0.493 e. The van der Waals surface area contributed by atoms with Gasteiger partial charge in [0.05, 0.1) is 11.6 Å². The summed E-state index contributed by atoms with van der Waals surface area (Å²) in [7, 11) is 1.60. The van der Waals surface area contributed by atoms with Crippen molar-refractivity contribution in [1.82, 2.24) is 0 Å². The second kappa shape index (κ2) is 10.2. The highest BCUT2D eigenvalue weighted by atomic mass is 79.9. The number of nitrogens with zero attached hydrogens (tertiary/aromatic N) is 1. The number of halogens is 1. The molecule has 0 radical (unpaired) electrons. The first-order valence-corrected chi connectivity index (χ1v) is 11.4. The SMILES string of the molecule is CCCSC1=N/C(=C\c2cc(Br)c(OCc3ccccc3)c(OC)c2)C(=O)S1. The highest BCUT2D eigenvalue weighted by Crippen LogP contribution is 2.39. The molecule has 3 rings (SSSR count). The molecule has 0 aromatic heterocycles. The van der Waals surface area contributed by atoms with Crippen molar-refractivity contribution in [3.05, 3.63) is 63.8 Å². The molecular formula is C21H20BrNO3S2. The predicted octanol–water partition coefficient (Wildman–Crippen LogP) is 6.15. The van der Waals surface area contributed by atoms with Gasteiger partial charge in [-0.3, -0.25) is 4.79 Å². The van der Waals surface area contributed by atoms with E-state index in [0.29, 0.717) is 23.8 Å². The maximum absolute atomic E-state index is 12.2. The first-order chi connectivity index (χ1) is 13.6. The summed E-state index contributed by atoms with van der Waals surface area (Å²) in [6, 6.07) is 13.7. The fraction of sp³-hybridized carbons (Fsp3) is 0.238. The lowest BCUT2D eigenvalue weighted by Gasteiger charge is -2.13. The van der Waals surface area contributed by atoms with E-state index in [0.717, 1.165) is 32.1 Å². The second-order valence-corrected chi connectivity index (χ2v) is 9.11. The van der Waals surface area contributed by atoms with Gasteiger partial charge in [-0.15, -0.1) is 0 Å². The van der Waals surface area contributed by atoms with E-state index in [2.05, 4.69) is 27.8 Å². The van der Waals surface area contributed by atoms with Crippen LogP contribution in [0, 0.1) is 0 Å². The van der Waals surface area contributed by atoms with E-state index in [1.54, 1.807) is 24.9 Å². The molecule has 4 nitrogen and oxygen atoms in total. The first kappa shape index (κ1) is 21.0. The zero-order valence-electron chi connectivity index (χ0n) is 15.6. The monoisotopic (exact) mass is 477 g/mol. The van der Waals surface area contributed by atoms with Gasteiger partial charge in [0.1, 0.15) is 16.7 Å². The Hall–Kier alpha value is -1.70. The van der Waals surface area contributed by atoms with Crippen molar-refractivity contribution in [2.24, 2.45) is 4.99 Å². The minimum atomic E-state index is -0.0295. The molecule has 1 heterocycles. The number of benzene rings is 2. The van der Waals surface area contributed by atoms with Gasteiger partial charge in [-0.05, 0) is 69.2 Å². The van der Waals surface area contributed by atoms with Crippen LogP contribution in [0.5, 0.6) is 11.5 Å². The number of ether oxygens (including phenoxy) is 2. The van der Waals surface area contributed by atoms with Crippen LogP contribution in [0.25, 0.3) is 6.08 Å². The Morgan fingerprint density at radius 3 is 2.75 bits per heavy atom. The third kappa shape index (κ3) is 5.43. The zero-order chi connectivity index (χ0) is 19.9. The summed E-state index contributed by atoms with van der Waals surface area (Å²) in [6.45, 7) is 2.55. The Bertz CT molecular complexity index is 913. The molecule has 146 valence electrons. The van der Waals surface area contributed by atoms with Crippen LogP contribution in [0.2, 0.25) is 0 Å². The molecule has 1 aliphatic heterocycles. The van der Waals surface area contributed by atoms with Crippen LogP contribution >= 0.6 is 39.5 Å². The van der Waals surface area contributed by atoms with Crippen LogP contribution < -0.4 is 9.47 Å². The van der Waals surface area contributed by atoms with Gasteiger partial charge >= 0.3 is 0 Å². The molecule has 0 atom stereocenters. The zero-order valence-corrected chi connectivity index (χ0v) is 18.8. The molecule has 0 saturated heterocycles. The molecule has 28 heavy (non-hydrogen) atoms. The Morgan fingerprint density at radius 2 is 2.04 bits per heavy atom. The van der Waals surface area contributed by atoms with Crippen molar-refractivity contribution in [3.8, 4) is 11.5 Å². The summed E-state index contributed by atoms with van der Waals surface area (Å²) in [5.74, 6) is 2.18. The number of carbonyl (C=O) groups excluding carboxylic acids is 1. The third-order valence-electron chi connectivity index (χ3n) is 3.81. The van der Waals surface area contributed by atoms with Gasteiger partial charge in [-0.1, -0.05) is 49.0 Å². The largest absolute Gasteiger partial charge is 0.493 e. The van der Waals surface area contributed by atoms with Crippen LogP contribution in [0.1, 0.15) is 24.5 Å². The molecule has 0 unspecified atom stereocenters. The molecule has 0 bridgehead atoms. The Balaban J connectivity index is 1.81. The lowest BCUT2D eigenvalue weighted by Crippen LogP contribution is -1.99. The van der Waals surface area contributed by atoms with Crippen LogP contribution in [0.4, 0.5) is 0 Å². The summed E-state index contributed by atoms with van der Waals surface area (Å²) < 4.78 is 13.0. The van der Waals surface area contributed by atoms with Crippen LogP contribution in [0.3, 0.4) is 0 Å². The summed E-state index contributed by atoms with van der Waals surface area (Å²) in [5.41, 5.74) is 2.35. The standard InChI is InChI=1S/C21H20BrNO3S2/c1-3-9-27-21-23-17(20(24)28-21)11-15-10-16(22)19(18(12-15)25-2)26-13-14-7-5-4-6-8-14/h4-8,10-12H,3,9,13H2,1-2H3/b17-11-. The quantitative estimate of drug-likeness (QED) is 0.447. The second-order valence-electron chi connectivity index (χ2n) is 5.95. The number of methoxy groups -OCH3 is 1. The summed E-state index contributed by atoms with van der Waals surface area (Å²) >= 11 is 6.37. The fourth-order valence-electron chi connectivity index (χ4n) is 2.49. The average Bonchev–Trinajstić information content (AvgIpc) is 3.05. The summed E-state index contributed by atoms with van der Waals surface area (Å²) in [4.78, 5) is 16.7. The molecule has 2 aromatic carbocycles. The number of hydrogen-bond donors (Lipinski definition) is 0. The van der Waals surface area contributed by atoms with Crippen molar-refractivity contribution in [2.75, 3.05) is 12.9 Å². The Kier molecular flexibility index (Phi) is 7.65. The fourth-order valence-corrected chi connectivity index (χ4v) is 4.83. The van der Waals surface area contributed by atoms with Gasteiger partial charge in [0.25, 0.3) is 0 Å². The van der Waals surface area contributed by atoms with E-state index in [9.17, 15) is 4.79 Å². The Morgan fingerprint density at radius 1 is 1.25 bits per heavy atom. The topological polar surface area (TPSA) is 47.9 Å². The molecule has 0 aliphatic carbocycles. The average molecular weight is 478 g/mol. The number of carbonyl (C=O) groups is 1. The van der Waals surface area contributed by atoms with Crippen molar-refractivity contribution in [1.29, 1.82) is 0 Å². The molecule has 0 saturated carbocycles. The predicted molar refractivity (Wildman–Crippen MR) is 122 cm³/mol. The normalized spacial score (nSPS) is 15.0. The lowest BCUT2D eigenvalue weighted by atomic mass is 10.1. The maximum atomic E-state index is 12.2. The molecule has 2 aromatic rings. The molecule has 1 aliphatic rings. The van der Waals surface area contributed by atoms with Crippen molar-refractivity contribution in [3.63, 3.8) is 0 Å². The molecule has 0 N–H and O–H groups in total. The number of hydrogen-bond acceptors (Lipinski definition) is 6. The van der Waals surface area contributed by atoms with E-state index in [4.69, 9.17) is 9.47 Å². The minimum absolute atomic E-state index is 0.0295. The van der Waals surface area contributed by atoms with Gasteiger partial charge in [0, 0.05) is 0 Å². The van der Waals surface area contributed by atoms with Gasteiger partial charge in [-0.2, -0.15) is 0 Å². The number of rotatable bonds is 7. The highest BCUT2D eigenvalue weighted by molar-refractivity contribution is 9.10. The van der Waals surface area contributed by atoms with Gasteiger partial charge in [0.2, 0.25) is 5.12 Å². The summed E-state index contributed by atoms with van der Waals surface area (Å²) in [5, 5.41) is -0.0295. The Labute approximate surface area is 181 Å². The third-order valence-corrected chi connectivity index (χ3v) is 6.62. The first-order valence-electron chi connectivity index (χ1n) is 8.80. The molecular weight excluding hydrogens is 458 g/mol. The smallest absolute Gasteiger partial charge is 0.244 e. The van der Waals surface area contributed by atoms with Crippen molar-refractivity contribution >= 4 is 55.0 Å². The van der Waals surface area contributed by atoms with E-state index in [-0.39, 0.29) is 5.12 Å². The maximum Gasteiger partial charge on any atom is 0.244 e. The molecule has 7 heteroatoms. The number of thioether (sulfide) groups is 2. The van der Waals surface area contributed by atoms with Crippen LogP contribution in [-0.2, 0) is 11.4 Å². The summed E-state index contributed by atoms with van der Waals surface area (Å²) in [6.07, 6.45) is 2.83. The molecule has 0 spiro atoms. The lowest BCUT2D eigenvalue weighted by molar-refractivity contribution is -0.107. The van der Waals surface area contributed by atoms with Crippen molar-refractivity contribution in [2.45, 2.75) is 20.0 Å². The molecule has 0 fully saturated rings. The van der Waals surface area contributed by atoms with Gasteiger partial charge < -0.3 is 9.47 Å².